The largest absolute Gasteiger partial charge is 0.478 e. The van der Waals surface area contributed by atoms with E-state index in [-0.39, 0.29) is 11.0 Å². The van der Waals surface area contributed by atoms with Crippen molar-refractivity contribution in [3.63, 3.8) is 0 Å². The van der Waals surface area contributed by atoms with Crippen molar-refractivity contribution >= 4 is 23.2 Å². The highest BCUT2D eigenvalue weighted by molar-refractivity contribution is 7.80. The molecule has 1 rings (SSSR count). The molecule has 0 saturated carbocycles. The Balaban J connectivity index is 2.94. The predicted octanol–water partition coefficient (Wildman–Crippen LogP) is 2.24. The van der Waals surface area contributed by atoms with Crippen LogP contribution in [0.2, 0.25) is 0 Å². The van der Waals surface area contributed by atoms with Gasteiger partial charge >= 0.3 is 5.97 Å². The van der Waals surface area contributed by atoms with Crippen LogP contribution in [0.25, 0.3) is 0 Å². The smallest absolute Gasteiger partial charge is 0.335 e. The second kappa shape index (κ2) is 4.61. The lowest BCUT2D eigenvalue weighted by molar-refractivity contribution is 0.0696. The Bertz CT molecular complexity index is 427. The molecule has 0 aliphatic rings. The highest BCUT2D eigenvalue weighted by Gasteiger charge is 2.22. The number of hydrogen-bond donors (Lipinski definition) is 2. The van der Waals surface area contributed by atoms with E-state index < -0.39 is 5.97 Å². The molecule has 0 unspecified atom stereocenters. The van der Waals surface area contributed by atoms with Gasteiger partial charge in [0, 0.05) is 5.41 Å². The van der Waals surface area contributed by atoms with Gasteiger partial charge in [0.25, 0.3) is 0 Å². The maximum Gasteiger partial charge on any atom is 0.335 e. The van der Waals surface area contributed by atoms with Gasteiger partial charge in [-0.05, 0) is 24.1 Å². The van der Waals surface area contributed by atoms with Crippen molar-refractivity contribution in [1.82, 2.24) is 0 Å². The van der Waals surface area contributed by atoms with Crippen molar-refractivity contribution in [3.05, 3.63) is 35.4 Å². The Hall–Kier alpha value is -1.42. The van der Waals surface area contributed by atoms with E-state index in [4.69, 9.17) is 23.1 Å². The van der Waals surface area contributed by atoms with Crippen molar-refractivity contribution in [2.24, 2.45) is 11.1 Å². The second-order valence-corrected chi connectivity index (χ2v) is 4.87. The van der Waals surface area contributed by atoms with Gasteiger partial charge in [0.15, 0.2) is 0 Å². The van der Waals surface area contributed by atoms with Gasteiger partial charge in [-0.3, -0.25) is 0 Å². The molecule has 0 fully saturated rings. The lowest BCUT2D eigenvalue weighted by atomic mass is 9.85. The van der Waals surface area contributed by atoms with Crippen LogP contribution >= 0.6 is 12.2 Å². The van der Waals surface area contributed by atoms with Crippen molar-refractivity contribution in [2.45, 2.75) is 20.3 Å². The van der Waals surface area contributed by atoms with Crippen LogP contribution in [0.4, 0.5) is 0 Å². The Morgan fingerprint density at radius 3 is 2.62 bits per heavy atom. The summed E-state index contributed by atoms with van der Waals surface area (Å²) >= 11 is 4.98. The van der Waals surface area contributed by atoms with Crippen molar-refractivity contribution in [2.75, 3.05) is 0 Å². The van der Waals surface area contributed by atoms with Gasteiger partial charge in [-0.25, -0.2) is 4.79 Å². The number of carboxylic acids is 1. The lowest BCUT2D eigenvalue weighted by Gasteiger charge is -2.23. The summed E-state index contributed by atoms with van der Waals surface area (Å²) in [5.41, 5.74) is 6.55. The van der Waals surface area contributed by atoms with Crippen LogP contribution in [0.15, 0.2) is 24.3 Å². The highest BCUT2D eigenvalue weighted by Crippen LogP contribution is 2.22. The van der Waals surface area contributed by atoms with E-state index in [0.717, 1.165) is 5.56 Å². The van der Waals surface area contributed by atoms with E-state index in [1.165, 1.54) is 0 Å². The monoisotopic (exact) mass is 237 g/mol. The van der Waals surface area contributed by atoms with Gasteiger partial charge in [-0.15, -0.1) is 0 Å². The van der Waals surface area contributed by atoms with Crippen LogP contribution < -0.4 is 5.73 Å². The molecule has 16 heavy (non-hydrogen) atoms. The molecule has 0 heterocycles. The average Bonchev–Trinajstić information content (AvgIpc) is 2.17. The molecular formula is C12H15NO2S. The zero-order valence-electron chi connectivity index (χ0n) is 9.36. The van der Waals surface area contributed by atoms with Crippen molar-refractivity contribution < 1.29 is 9.90 Å². The number of rotatable bonds is 4. The average molecular weight is 237 g/mol. The molecule has 0 spiro atoms. The first-order chi connectivity index (χ1) is 7.33. The maximum absolute atomic E-state index is 10.8. The Morgan fingerprint density at radius 2 is 2.12 bits per heavy atom. The summed E-state index contributed by atoms with van der Waals surface area (Å²) in [7, 11) is 0. The Morgan fingerprint density at radius 1 is 1.50 bits per heavy atom. The molecule has 86 valence electrons. The van der Waals surface area contributed by atoms with Gasteiger partial charge in [0.05, 0.1) is 10.6 Å². The molecule has 0 bridgehead atoms. The first-order valence-corrected chi connectivity index (χ1v) is 5.36. The number of hydrogen-bond acceptors (Lipinski definition) is 2. The van der Waals surface area contributed by atoms with Crippen molar-refractivity contribution in [3.8, 4) is 0 Å². The number of carbonyl (C=O) groups is 1. The van der Waals surface area contributed by atoms with E-state index >= 15 is 0 Å². The van der Waals surface area contributed by atoms with Gasteiger partial charge in [-0.1, -0.05) is 38.2 Å². The van der Waals surface area contributed by atoms with E-state index in [0.29, 0.717) is 11.4 Å². The van der Waals surface area contributed by atoms with Crippen LogP contribution in [0.1, 0.15) is 29.8 Å². The second-order valence-electron chi connectivity index (χ2n) is 4.43. The van der Waals surface area contributed by atoms with Crippen LogP contribution in [0.3, 0.4) is 0 Å². The van der Waals surface area contributed by atoms with Gasteiger partial charge in [0.1, 0.15) is 0 Å². The van der Waals surface area contributed by atoms with Gasteiger partial charge in [-0.2, -0.15) is 0 Å². The summed E-state index contributed by atoms with van der Waals surface area (Å²) in [6, 6.07) is 6.84. The Labute approximate surface area is 100 Å². The van der Waals surface area contributed by atoms with Gasteiger partial charge in [0.2, 0.25) is 0 Å². The lowest BCUT2D eigenvalue weighted by Crippen LogP contribution is -2.31. The van der Waals surface area contributed by atoms with E-state index in [2.05, 4.69) is 0 Å². The summed E-state index contributed by atoms with van der Waals surface area (Å²) in [6.45, 7) is 3.89. The third-order valence-corrected chi connectivity index (χ3v) is 3.04. The molecule has 0 aromatic heterocycles. The molecule has 0 saturated heterocycles. The Kier molecular flexibility index (Phi) is 3.65. The normalized spacial score (nSPS) is 11.1. The maximum atomic E-state index is 10.8. The summed E-state index contributed by atoms with van der Waals surface area (Å²) in [4.78, 5) is 11.2. The molecule has 3 N–H and O–H groups in total. The standard InChI is InChI=1S/C12H15NO2S/c1-12(2,11(13)16)7-8-4-3-5-9(6-8)10(14)15/h3-6H,7H2,1-2H3,(H2,13,16)(H,14,15). The molecule has 4 heteroatoms. The number of benzene rings is 1. The summed E-state index contributed by atoms with van der Waals surface area (Å²) in [5, 5.41) is 8.87. The third-order valence-electron chi connectivity index (χ3n) is 2.49. The van der Waals surface area contributed by atoms with Crippen LogP contribution in [-0.4, -0.2) is 16.1 Å². The van der Waals surface area contributed by atoms with E-state index in [1.54, 1.807) is 18.2 Å². The minimum Gasteiger partial charge on any atom is -0.478 e. The minimum absolute atomic E-state index is 0.288. The molecule has 1 aromatic rings. The molecule has 0 atom stereocenters. The quantitative estimate of drug-likeness (QED) is 0.788. The molecule has 1 aromatic carbocycles. The summed E-state index contributed by atoms with van der Waals surface area (Å²) < 4.78 is 0. The number of aromatic carboxylic acids is 1. The molecular weight excluding hydrogens is 222 g/mol. The van der Waals surface area contributed by atoms with Crippen LogP contribution in [-0.2, 0) is 6.42 Å². The molecule has 0 aliphatic heterocycles. The van der Waals surface area contributed by atoms with E-state index in [1.807, 2.05) is 19.9 Å². The zero-order chi connectivity index (χ0) is 12.3. The number of thiocarbonyl (C=S) groups is 1. The zero-order valence-corrected chi connectivity index (χ0v) is 10.2. The fourth-order valence-corrected chi connectivity index (χ4v) is 1.48. The van der Waals surface area contributed by atoms with Crippen LogP contribution in [0.5, 0.6) is 0 Å². The number of nitrogens with two attached hydrogens (primary N) is 1. The SMILES string of the molecule is CC(C)(Cc1cccc(C(=O)O)c1)C(N)=S. The van der Waals surface area contributed by atoms with Crippen molar-refractivity contribution in [1.29, 1.82) is 0 Å². The molecule has 0 radical (unpaired) electrons. The van der Waals surface area contributed by atoms with Crippen LogP contribution in [0, 0.1) is 5.41 Å². The molecule has 0 aliphatic carbocycles. The fraction of sp³-hybridized carbons (Fsp3) is 0.333. The highest BCUT2D eigenvalue weighted by atomic mass is 32.1. The molecule has 0 amide bonds. The van der Waals surface area contributed by atoms with Gasteiger partial charge < -0.3 is 10.8 Å². The minimum atomic E-state index is -0.921. The summed E-state index contributed by atoms with van der Waals surface area (Å²) in [5.74, 6) is -0.921. The molecule has 3 nitrogen and oxygen atoms in total. The topological polar surface area (TPSA) is 63.3 Å². The first kappa shape index (κ1) is 12.6. The first-order valence-electron chi connectivity index (χ1n) is 4.95. The van der Waals surface area contributed by atoms with E-state index in [9.17, 15) is 4.79 Å². The number of carboxylic acid groups (broad SMARTS) is 1. The third kappa shape index (κ3) is 3.03. The fourth-order valence-electron chi connectivity index (χ4n) is 1.41. The summed E-state index contributed by atoms with van der Waals surface area (Å²) in [6.07, 6.45) is 0.642. The predicted molar refractivity (Wildman–Crippen MR) is 67.7 cm³/mol.